The van der Waals surface area contributed by atoms with E-state index in [-0.39, 0.29) is 5.97 Å². The number of ether oxygens (including phenoxy) is 2. The number of hydrogen-bond donors (Lipinski definition) is 0. The maximum absolute atomic E-state index is 12.0. The molecule has 0 unspecified atom stereocenters. The molecule has 0 N–H and O–H groups in total. The highest BCUT2D eigenvalue weighted by molar-refractivity contribution is 5.91. The zero-order valence-corrected chi connectivity index (χ0v) is 16.4. The fraction of sp³-hybridized carbons (Fsp3) is 0.292. The van der Waals surface area contributed by atoms with E-state index in [4.69, 9.17) is 9.47 Å². The summed E-state index contributed by atoms with van der Waals surface area (Å²) in [4.78, 5) is 23.7. The van der Waals surface area contributed by atoms with Gasteiger partial charge >= 0.3 is 11.9 Å². The van der Waals surface area contributed by atoms with Crippen LogP contribution in [0.25, 0.3) is 6.08 Å². The van der Waals surface area contributed by atoms with E-state index < -0.39 is 5.97 Å². The van der Waals surface area contributed by atoms with Crippen molar-refractivity contribution in [2.75, 3.05) is 6.61 Å². The van der Waals surface area contributed by atoms with Gasteiger partial charge in [-0.15, -0.1) is 0 Å². The molecule has 0 spiro atoms. The quantitative estimate of drug-likeness (QED) is 0.239. The summed E-state index contributed by atoms with van der Waals surface area (Å²) >= 11 is 0. The van der Waals surface area contributed by atoms with E-state index in [1.165, 1.54) is 30.9 Å². The standard InChI is InChI=1S/C24H27O4/c1-3-5-6-7-19-10-15-22(16-11-19)28-23(25)17-12-20-8-13-21(14-9-20)24(26)27-18-4-2/h8-17H,2-7,18H2,1H3/b17-12+. The molecule has 0 heterocycles. The smallest absolute Gasteiger partial charge is 0.338 e. The van der Waals surface area contributed by atoms with E-state index in [1.807, 2.05) is 24.3 Å². The van der Waals surface area contributed by atoms with Crippen molar-refractivity contribution in [3.05, 3.63) is 78.2 Å². The molecule has 0 aliphatic carbocycles. The third kappa shape index (κ3) is 7.39. The van der Waals surface area contributed by atoms with Crippen molar-refractivity contribution in [1.29, 1.82) is 0 Å². The van der Waals surface area contributed by atoms with Gasteiger partial charge in [-0.05, 0) is 67.7 Å². The lowest BCUT2D eigenvalue weighted by Crippen LogP contribution is -2.05. The van der Waals surface area contributed by atoms with Crippen LogP contribution in [0, 0.1) is 6.92 Å². The summed E-state index contributed by atoms with van der Waals surface area (Å²) in [5.41, 5.74) is 2.50. The lowest BCUT2D eigenvalue weighted by molar-refractivity contribution is -0.128. The Labute approximate surface area is 167 Å². The van der Waals surface area contributed by atoms with Crippen molar-refractivity contribution in [3.63, 3.8) is 0 Å². The number of carbonyl (C=O) groups excluding carboxylic acids is 2. The number of rotatable bonds is 10. The summed E-state index contributed by atoms with van der Waals surface area (Å²) in [5, 5.41) is 0. The summed E-state index contributed by atoms with van der Waals surface area (Å²) in [7, 11) is 0. The van der Waals surface area contributed by atoms with Gasteiger partial charge in [0.1, 0.15) is 5.75 Å². The van der Waals surface area contributed by atoms with Crippen LogP contribution >= 0.6 is 0 Å². The Bertz CT molecular complexity index is 773. The molecule has 0 bridgehead atoms. The van der Waals surface area contributed by atoms with Crippen LogP contribution in [0.3, 0.4) is 0 Å². The molecule has 147 valence electrons. The Morgan fingerprint density at radius 2 is 1.71 bits per heavy atom. The third-order valence-corrected chi connectivity index (χ3v) is 4.15. The Hall–Kier alpha value is -2.88. The number of carbonyl (C=O) groups is 2. The van der Waals surface area contributed by atoms with Gasteiger partial charge in [-0.2, -0.15) is 0 Å². The van der Waals surface area contributed by atoms with Gasteiger partial charge < -0.3 is 9.47 Å². The second-order valence-corrected chi connectivity index (χ2v) is 6.47. The normalized spacial score (nSPS) is 10.8. The van der Waals surface area contributed by atoms with Crippen molar-refractivity contribution in [2.24, 2.45) is 0 Å². The predicted molar refractivity (Wildman–Crippen MR) is 111 cm³/mol. The van der Waals surface area contributed by atoms with Crippen LogP contribution < -0.4 is 4.74 Å². The highest BCUT2D eigenvalue weighted by Crippen LogP contribution is 2.15. The highest BCUT2D eigenvalue weighted by Gasteiger charge is 2.06. The minimum absolute atomic E-state index is 0.298. The van der Waals surface area contributed by atoms with Crippen LogP contribution in [-0.4, -0.2) is 18.5 Å². The zero-order chi connectivity index (χ0) is 20.2. The Morgan fingerprint density at radius 3 is 2.36 bits per heavy atom. The molecule has 0 saturated heterocycles. The maximum atomic E-state index is 12.0. The van der Waals surface area contributed by atoms with Crippen molar-refractivity contribution >= 4 is 18.0 Å². The Morgan fingerprint density at radius 1 is 1.00 bits per heavy atom. The predicted octanol–water partition coefficient (Wildman–Crippen LogP) is 5.42. The molecule has 0 saturated carbocycles. The number of unbranched alkanes of at least 4 members (excludes halogenated alkanes) is 2. The van der Waals surface area contributed by atoms with Crippen LogP contribution in [-0.2, 0) is 16.0 Å². The molecular formula is C24H27O4. The van der Waals surface area contributed by atoms with Crippen LogP contribution in [0.1, 0.15) is 54.1 Å². The van der Waals surface area contributed by atoms with E-state index in [0.29, 0.717) is 24.3 Å². The molecule has 1 radical (unpaired) electrons. The Balaban J connectivity index is 1.85. The second-order valence-electron chi connectivity index (χ2n) is 6.47. The molecule has 0 fully saturated rings. The molecule has 0 aliphatic heterocycles. The lowest BCUT2D eigenvalue weighted by Gasteiger charge is -2.04. The molecule has 2 rings (SSSR count). The summed E-state index contributed by atoms with van der Waals surface area (Å²) in [5.74, 6) is -0.299. The van der Waals surface area contributed by atoms with Gasteiger partial charge in [0.2, 0.25) is 0 Å². The number of aryl methyl sites for hydroxylation is 1. The summed E-state index contributed by atoms with van der Waals surface area (Å²) in [6, 6.07) is 14.4. The van der Waals surface area contributed by atoms with E-state index in [9.17, 15) is 9.59 Å². The van der Waals surface area contributed by atoms with Crippen molar-refractivity contribution in [1.82, 2.24) is 0 Å². The van der Waals surface area contributed by atoms with Gasteiger partial charge in [-0.1, -0.05) is 44.0 Å². The minimum Gasteiger partial charge on any atom is -0.462 e. The van der Waals surface area contributed by atoms with Gasteiger partial charge in [-0.25, -0.2) is 9.59 Å². The molecule has 4 nitrogen and oxygen atoms in total. The number of hydrogen-bond acceptors (Lipinski definition) is 4. The molecule has 0 atom stereocenters. The molecule has 2 aromatic carbocycles. The fourth-order valence-electron chi connectivity index (χ4n) is 2.60. The first-order valence-corrected chi connectivity index (χ1v) is 9.67. The summed E-state index contributed by atoms with van der Waals surface area (Å²) in [6.07, 6.45) is 8.19. The highest BCUT2D eigenvalue weighted by atomic mass is 16.5. The van der Waals surface area contributed by atoms with Crippen molar-refractivity contribution < 1.29 is 19.1 Å². The van der Waals surface area contributed by atoms with Crippen LogP contribution in [0.5, 0.6) is 5.75 Å². The van der Waals surface area contributed by atoms with Gasteiger partial charge in [0, 0.05) is 6.08 Å². The van der Waals surface area contributed by atoms with Gasteiger partial charge in [-0.3, -0.25) is 0 Å². The monoisotopic (exact) mass is 379 g/mol. The molecule has 0 aliphatic rings. The number of benzene rings is 2. The molecule has 4 heteroatoms. The zero-order valence-electron chi connectivity index (χ0n) is 16.4. The first kappa shape index (κ1) is 21.4. The van der Waals surface area contributed by atoms with Gasteiger partial charge in [0.25, 0.3) is 0 Å². The first-order valence-electron chi connectivity index (χ1n) is 9.67. The number of esters is 2. The molecule has 0 aromatic heterocycles. The maximum Gasteiger partial charge on any atom is 0.338 e. The van der Waals surface area contributed by atoms with Gasteiger partial charge in [0.05, 0.1) is 12.2 Å². The SMILES string of the molecule is [CH2]CCOC(=O)c1ccc(/C=C/C(=O)Oc2ccc(CCCCC)cc2)cc1. The van der Waals surface area contributed by atoms with Crippen molar-refractivity contribution in [3.8, 4) is 5.75 Å². The van der Waals surface area contributed by atoms with E-state index in [1.54, 1.807) is 30.3 Å². The fourth-order valence-corrected chi connectivity index (χ4v) is 2.60. The molecule has 2 aromatic rings. The molecular weight excluding hydrogens is 352 g/mol. The van der Waals surface area contributed by atoms with Crippen molar-refractivity contribution in [2.45, 2.75) is 39.0 Å². The van der Waals surface area contributed by atoms with E-state index in [2.05, 4.69) is 13.8 Å². The van der Waals surface area contributed by atoms with Crippen LogP contribution in [0.15, 0.2) is 54.6 Å². The topological polar surface area (TPSA) is 52.6 Å². The van der Waals surface area contributed by atoms with E-state index in [0.717, 1.165) is 12.0 Å². The third-order valence-electron chi connectivity index (χ3n) is 4.15. The average Bonchev–Trinajstić information content (AvgIpc) is 2.72. The lowest BCUT2D eigenvalue weighted by atomic mass is 10.1. The van der Waals surface area contributed by atoms with E-state index >= 15 is 0 Å². The second kappa shape index (κ2) is 11.8. The minimum atomic E-state index is -0.447. The molecule has 0 amide bonds. The Kier molecular flexibility index (Phi) is 8.99. The molecule has 28 heavy (non-hydrogen) atoms. The largest absolute Gasteiger partial charge is 0.462 e. The summed E-state index contributed by atoms with van der Waals surface area (Å²) in [6.45, 7) is 6.11. The van der Waals surface area contributed by atoms with Gasteiger partial charge in [0.15, 0.2) is 0 Å². The summed E-state index contributed by atoms with van der Waals surface area (Å²) < 4.78 is 10.3. The van der Waals surface area contributed by atoms with Crippen LogP contribution in [0.4, 0.5) is 0 Å². The first-order chi connectivity index (χ1) is 13.6. The van der Waals surface area contributed by atoms with Crippen LogP contribution in [0.2, 0.25) is 0 Å². The average molecular weight is 379 g/mol.